The van der Waals surface area contributed by atoms with Crippen LogP contribution >= 0.6 is 0 Å². The standard InChI is InChI=1S/C16H27N3O/c1-14(11-17)12-18-6-8-19(9-7-18)13-15-4-3-5-16(10-15)20-2/h3-5,10,14H,6-9,11-13,17H2,1-2H3. The van der Waals surface area contributed by atoms with Gasteiger partial charge < -0.3 is 15.4 Å². The van der Waals surface area contributed by atoms with Gasteiger partial charge in [0.25, 0.3) is 0 Å². The molecule has 20 heavy (non-hydrogen) atoms. The zero-order chi connectivity index (χ0) is 14.4. The Labute approximate surface area is 122 Å². The lowest BCUT2D eigenvalue weighted by Gasteiger charge is -2.35. The fraction of sp³-hybridized carbons (Fsp3) is 0.625. The fourth-order valence-corrected chi connectivity index (χ4v) is 2.67. The largest absolute Gasteiger partial charge is 0.497 e. The van der Waals surface area contributed by atoms with Crippen LogP contribution in [0.4, 0.5) is 0 Å². The van der Waals surface area contributed by atoms with Crippen LogP contribution in [0.25, 0.3) is 0 Å². The predicted molar refractivity (Wildman–Crippen MR) is 82.9 cm³/mol. The van der Waals surface area contributed by atoms with Crippen molar-refractivity contribution in [3.63, 3.8) is 0 Å². The van der Waals surface area contributed by atoms with Crippen LogP contribution in [0.1, 0.15) is 12.5 Å². The van der Waals surface area contributed by atoms with E-state index in [1.54, 1.807) is 7.11 Å². The highest BCUT2D eigenvalue weighted by molar-refractivity contribution is 5.28. The van der Waals surface area contributed by atoms with E-state index in [2.05, 4.69) is 34.9 Å². The predicted octanol–water partition coefficient (Wildman–Crippen LogP) is 1.41. The van der Waals surface area contributed by atoms with Gasteiger partial charge in [-0.25, -0.2) is 0 Å². The highest BCUT2D eigenvalue weighted by Gasteiger charge is 2.18. The van der Waals surface area contributed by atoms with Crippen molar-refractivity contribution in [3.8, 4) is 5.75 Å². The molecule has 2 rings (SSSR count). The van der Waals surface area contributed by atoms with Crippen LogP contribution in [0.3, 0.4) is 0 Å². The topological polar surface area (TPSA) is 41.7 Å². The van der Waals surface area contributed by atoms with Crippen LogP contribution in [0.2, 0.25) is 0 Å². The lowest BCUT2D eigenvalue weighted by atomic mass is 10.1. The summed E-state index contributed by atoms with van der Waals surface area (Å²) in [6, 6.07) is 8.36. The SMILES string of the molecule is COc1cccc(CN2CCN(CC(C)CN)CC2)c1. The normalized spacial score (nSPS) is 18.9. The van der Waals surface area contributed by atoms with Gasteiger partial charge in [-0.15, -0.1) is 0 Å². The van der Waals surface area contributed by atoms with E-state index in [4.69, 9.17) is 10.5 Å². The smallest absolute Gasteiger partial charge is 0.119 e. The molecule has 0 saturated carbocycles. The molecule has 0 aliphatic carbocycles. The van der Waals surface area contributed by atoms with Gasteiger partial charge in [0.1, 0.15) is 5.75 Å². The van der Waals surface area contributed by atoms with Crippen LogP contribution in [0, 0.1) is 5.92 Å². The molecule has 0 bridgehead atoms. The third-order valence-corrected chi connectivity index (χ3v) is 3.98. The maximum atomic E-state index is 5.70. The van der Waals surface area contributed by atoms with Crippen molar-refractivity contribution in [2.24, 2.45) is 11.7 Å². The van der Waals surface area contributed by atoms with E-state index in [1.165, 1.54) is 5.56 Å². The maximum absolute atomic E-state index is 5.70. The number of piperazine rings is 1. The van der Waals surface area contributed by atoms with Gasteiger partial charge in [0, 0.05) is 39.3 Å². The molecule has 0 spiro atoms. The summed E-state index contributed by atoms with van der Waals surface area (Å²) < 4.78 is 5.28. The van der Waals surface area contributed by atoms with E-state index in [-0.39, 0.29) is 0 Å². The van der Waals surface area contributed by atoms with Gasteiger partial charge in [0.2, 0.25) is 0 Å². The first-order chi connectivity index (χ1) is 9.71. The molecule has 4 nitrogen and oxygen atoms in total. The van der Waals surface area contributed by atoms with Crippen LogP contribution < -0.4 is 10.5 Å². The summed E-state index contributed by atoms with van der Waals surface area (Å²) in [5, 5.41) is 0. The molecule has 0 radical (unpaired) electrons. The highest BCUT2D eigenvalue weighted by Crippen LogP contribution is 2.15. The van der Waals surface area contributed by atoms with Gasteiger partial charge in [-0.3, -0.25) is 4.90 Å². The number of nitrogens with zero attached hydrogens (tertiary/aromatic N) is 2. The van der Waals surface area contributed by atoms with Crippen LogP contribution in [0.15, 0.2) is 24.3 Å². The molecular formula is C16H27N3O. The number of ether oxygens (including phenoxy) is 1. The Morgan fingerprint density at radius 2 is 1.90 bits per heavy atom. The Hall–Kier alpha value is -1.10. The fourth-order valence-electron chi connectivity index (χ4n) is 2.67. The summed E-state index contributed by atoms with van der Waals surface area (Å²) in [4.78, 5) is 5.04. The molecular weight excluding hydrogens is 250 g/mol. The number of hydrogen-bond donors (Lipinski definition) is 1. The number of nitrogens with two attached hydrogens (primary N) is 1. The minimum Gasteiger partial charge on any atom is -0.497 e. The lowest BCUT2D eigenvalue weighted by Crippen LogP contribution is -2.47. The Kier molecular flexibility index (Phi) is 5.83. The third-order valence-electron chi connectivity index (χ3n) is 3.98. The average molecular weight is 277 g/mol. The lowest BCUT2D eigenvalue weighted by molar-refractivity contribution is 0.116. The first-order valence-corrected chi connectivity index (χ1v) is 7.49. The van der Waals surface area contributed by atoms with Gasteiger partial charge in [-0.2, -0.15) is 0 Å². The molecule has 1 heterocycles. The van der Waals surface area contributed by atoms with Gasteiger partial charge in [-0.05, 0) is 30.2 Å². The quantitative estimate of drug-likeness (QED) is 0.853. The number of rotatable bonds is 6. The summed E-state index contributed by atoms with van der Waals surface area (Å²) >= 11 is 0. The van der Waals surface area contributed by atoms with E-state index >= 15 is 0 Å². The van der Waals surface area contributed by atoms with Gasteiger partial charge in [0.15, 0.2) is 0 Å². The minimum atomic E-state index is 0.597. The molecule has 1 aliphatic rings. The zero-order valence-corrected chi connectivity index (χ0v) is 12.7. The van der Waals surface area contributed by atoms with Crippen LogP contribution in [0.5, 0.6) is 5.75 Å². The van der Waals surface area contributed by atoms with Crippen molar-refractivity contribution < 1.29 is 4.74 Å². The van der Waals surface area contributed by atoms with Crippen LogP contribution in [-0.4, -0.2) is 56.2 Å². The number of hydrogen-bond acceptors (Lipinski definition) is 4. The van der Waals surface area contributed by atoms with Gasteiger partial charge in [0.05, 0.1) is 7.11 Å². The summed E-state index contributed by atoms with van der Waals surface area (Å²) in [5.74, 6) is 1.54. The average Bonchev–Trinajstić information content (AvgIpc) is 2.49. The molecule has 1 aromatic carbocycles. The molecule has 112 valence electrons. The minimum absolute atomic E-state index is 0.597. The molecule has 1 unspecified atom stereocenters. The maximum Gasteiger partial charge on any atom is 0.119 e. The van der Waals surface area contributed by atoms with Crippen molar-refractivity contribution >= 4 is 0 Å². The van der Waals surface area contributed by atoms with Crippen molar-refractivity contribution in [3.05, 3.63) is 29.8 Å². The molecule has 1 fully saturated rings. The van der Waals surface area contributed by atoms with Gasteiger partial charge in [-0.1, -0.05) is 19.1 Å². The molecule has 4 heteroatoms. The summed E-state index contributed by atoms with van der Waals surface area (Å²) in [5.41, 5.74) is 7.02. The monoisotopic (exact) mass is 277 g/mol. The first-order valence-electron chi connectivity index (χ1n) is 7.49. The molecule has 1 aromatic rings. The molecule has 1 atom stereocenters. The Morgan fingerprint density at radius 3 is 2.55 bits per heavy atom. The third kappa shape index (κ3) is 4.47. The van der Waals surface area contributed by atoms with E-state index in [0.717, 1.165) is 51.6 Å². The molecule has 1 aliphatic heterocycles. The highest BCUT2D eigenvalue weighted by atomic mass is 16.5. The van der Waals surface area contributed by atoms with Crippen molar-refractivity contribution in [1.82, 2.24) is 9.80 Å². The zero-order valence-electron chi connectivity index (χ0n) is 12.7. The molecule has 1 saturated heterocycles. The Balaban J connectivity index is 1.79. The summed E-state index contributed by atoms with van der Waals surface area (Å²) in [6.45, 7) is 9.71. The van der Waals surface area contributed by atoms with E-state index in [0.29, 0.717) is 5.92 Å². The van der Waals surface area contributed by atoms with Gasteiger partial charge >= 0.3 is 0 Å². The van der Waals surface area contributed by atoms with Crippen molar-refractivity contribution in [2.45, 2.75) is 13.5 Å². The molecule has 0 aromatic heterocycles. The Bertz CT molecular complexity index is 402. The second-order valence-corrected chi connectivity index (χ2v) is 5.77. The van der Waals surface area contributed by atoms with Crippen LogP contribution in [-0.2, 0) is 6.54 Å². The van der Waals surface area contributed by atoms with E-state index in [9.17, 15) is 0 Å². The second-order valence-electron chi connectivity index (χ2n) is 5.77. The second kappa shape index (κ2) is 7.62. The van der Waals surface area contributed by atoms with Crippen molar-refractivity contribution in [2.75, 3.05) is 46.4 Å². The van der Waals surface area contributed by atoms with E-state index < -0.39 is 0 Å². The molecule has 2 N–H and O–H groups in total. The number of methoxy groups -OCH3 is 1. The summed E-state index contributed by atoms with van der Waals surface area (Å²) in [6.07, 6.45) is 0. The molecule has 0 amide bonds. The Morgan fingerprint density at radius 1 is 1.20 bits per heavy atom. The summed E-state index contributed by atoms with van der Waals surface area (Å²) in [7, 11) is 1.72. The number of benzene rings is 1. The van der Waals surface area contributed by atoms with E-state index in [1.807, 2.05) is 6.07 Å². The van der Waals surface area contributed by atoms with Crippen molar-refractivity contribution in [1.29, 1.82) is 0 Å². The first kappa shape index (κ1) is 15.3.